The third kappa shape index (κ3) is 3.68. The number of nitrogens with zero attached hydrogens (tertiary/aromatic N) is 1. The van der Waals surface area contributed by atoms with E-state index in [1.54, 1.807) is 22.9 Å². The summed E-state index contributed by atoms with van der Waals surface area (Å²) < 4.78 is 41.6. The average molecular weight is 415 g/mol. The van der Waals surface area contributed by atoms with Gasteiger partial charge in [-0.25, -0.2) is 13.4 Å². The van der Waals surface area contributed by atoms with Crippen LogP contribution in [0.25, 0.3) is 10.8 Å². The summed E-state index contributed by atoms with van der Waals surface area (Å²) in [6, 6.07) is 16.1. The van der Waals surface area contributed by atoms with E-state index < -0.39 is 39.9 Å². The normalized spacial score (nSPS) is 15.5. The van der Waals surface area contributed by atoms with E-state index in [0.717, 1.165) is 12.0 Å². The molecule has 1 amide bonds. The van der Waals surface area contributed by atoms with Crippen molar-refractivity contribution in [2.24, 2.45) is 0 Å². The minimum Gasteiger partial charge on any atom is -0.506 e. The van der Waals surface area contributed by atoms with Gasteiger partial charge in [0.25, 0.3) is 5.91 Å². The molecule has 0 spiro atoms. The Hall–Kier alpha value is -3.33. The highest BCUT2D eigenvalue weighted by molar-refractivity contribution is 7.92. The number of hydrogen-bond acceptors (Lipinski definition) is 5. The number of amides is 1. The van der Waals surface area contributed by atoms with Crippen LogP contribution in [0, 0.1) is 5.82 Å². The molecule has 3 aromatic carbocycles. The van der Waals surface area contributed by atoms with Gasteiger partial charge in [0.05, 0.1) is 0 Å². The Morgan fingerprint density at radius 3 is 2.59 bits per heavy atom. The fourth-order valence-corrected chi connectivity index (χ4v) is 4.48. The van der Waals surface area contributed by atoms with Crippen LogP contribution in [0.1, 0.15) is 5.56 Å². The van der Waals surface area contributed by atoms with Gasteiger partial charge in [0.2, 0.25) is 0 Å². The van der Waals surface area contributed by atoms with Crippen LogP contribution in [-0.4, -0.2) is 32.5 Å². The van der Waals surface area contributed by atoms with Crippen molar-refractivity contribution < 1.29 is 22.7 Å². The van der Waals surface area contributed by atoms with Gasteiger partial charge in [-0.15, -0.1) is 0 Å². The third-order valence-corrected chi connectivity index (χ3v) is 6.07. The number of hydrogen-bond donors (Lipinski definition) is 3. The molecule has 29 heavy (non-hydrogen) atoms. The molecule has 4 rings (SSSR count). The number of fused-ring (bicyclic) bond motifs is 1. The summed E-state index contributed by atoms with van der Waals surface area (Å²) in [7, 11) is -4.24. The Kier molecular flexibility index (Phi) is 4.75. The van der Waals surface area contributed by atoms with Crippen LogP contribution in [0.3, 0.4) is 0 Å². The zero-order chi connectivity index (χ0) is 20.6. The maximum absolute atomic E-state index is 15.2. The standard InChI is InChI=1S/C20H18FN3O4S/c21-19-16-11-15(22-9-8-13-4-2-1-3-5-13)7-6-14(16)10-17(25)20(19)24-12-18(26)23-29(24,27)28/h1-7,10-11,22,25H,8-9,12H2,(H,23,26). The molecule has 1 aliphatic heterocycles. The molecule has 3 N–H and O–H groups in total. The zero-order valence-electron chi connectivity index (χ0n) is 15.2. The second-order valence-corrected chi connectivity index (χ2v) is 8.29. The Labute approximate surface area is 167 Å². The molecule has 7 nitrogen and oxygen atoms in total. The van der Waals surface area contributed by atoms with E-state index >= 15 is 4.39 Å². The minimum atomic E-state index is -4.24. The van der Waals surface area contributed by atoms with E-state index in [1.165, 1.54) is 6.07 Å². The summed E-state index contributed by atoms with van der Waals surface area (Å²) in [4.78, 5) is 11.5. The predicted molar refractivity (Wildman–Crippen MR) is 109 cm³/mol. The molecule has 0 unspecified atom stereocenters. The molecule has 1 aliphatic rings. The first-order valence-electron chi connectivity index (χ1n) is 8.91. The molecule has 0 aromatic heterocycles. The monoisotopic (exact) mass is 415 g/mol. The van der Waals surface area contributed by atoms with Crippen LogP contribution < -0.4 is 14.3 Å². The van der Waals surface area contributed by atoms with Crippen LogP contribution in [0.2, 0.25) is 0 Å². The number of phenolic OH excluding ortho intramolecular Hbond substituents is 1. The molecule has 1 saturated heterocycles. The molecule has 0 atom stereocenters. The Balaban J connectivity index is 1.65. The molecular weight excluding hydrogens is 397 g/mol. The summed E-state index contributed by atoms with van der Waals surface area (Å²) in [5, 5.41) is 14.0. The lowest BCUT2D eigenvalue weighted by atomic mass is 10.1. The lowest BCUT2D eigenvalue weighted by molar-refractivity contribution is -0.117. The van der Waals surface area contributed by atoms with E-state index in [1.807, 2.05) is 30.3 Å². The van der Waals surface area contributed by atoms with Gasteiger partial charge in [-0.1, -0.05) is 36.4 Å². The first-order valence-corrected chi connectivity index (χ1v) is 10.4. The Morgan fingerprint density at radius 1 is 1.14 bits per heavy atom. The highest BCUT2D eigenvalue weighted by atomic mass is 32.2. The topological polar surface area (TPSA) is 98.7 Å². The number of aromatic hydroxyl groups is 1. The summed E-state index contributed by atoms with van der Waals surface area (Å²) in [5.74, 6) is -2.26. The van der Waals surface area contributed by atoms with Gasteiger partial charge in [0.15, 0.2) is 5.82 Å². The van der Waals surface area contributed by atoms with E-state index in [-0.39, 0.29) is 5.39 Å². The molecule has 0 aliphatic carbocycles. The quantitative estimate of drug-likeness (QED) is 0.595. The van der Waals surface area contributed by atoms with Crippen molar-refractivity contribution in [2.75, 3.05) is 22.7 Å². The maximum atomic E-state index is 15.2. The van der Waals surface area contributed by atoms with Gasteiger partial charge in [-0.3, -0.25) is 4.79 Å². The van der Waals surface area contributed by atoms with E-state index in [2.05, 4.69) is 5.32 Å². The average Bonchev–Trinajstić information content (AvgIpc) is 2.95. The SMILES string of the molecule is O=C1CN(c2c(O)cc3ccc(NCCc4ccccc4)cc3c2F)S(=O)(=O)N1. The second-order valence-electron chi connectivity index (χ2n) is 6.69. The molecule has 150 valence electrons. The zero-order valence-corrected chi connectivity index (χ0v) is 16.0. The van der Waals surface area contributed by atoms with Gasteiger partial charge < -0.3 is 10.4 Å². The number of anilines is 2. The predicted octanol–water partition coefficient (Wildman–Crippen LogP) is 2.52. The van der Waals surface area contributed by atoms with Crippen molar-refractivity contribution in [2.45, 2.75) is 6.42 Å². The molecule has 1 heterocycles. The van der Waals surface area contributed by atoms with Crippen molar-refractivity contribution in [3.05, 3.63) is 66.0 Å². The Morgan fingerprint density at radius 2 is 1.90 bits per heavy atom. The number of carbonyl (C=O) groups is 1. The summed E-state index contributed by atoms with van der Waals surface area (Å²) >= 11 is 0. The van der Waals surface area contributed by atoms with Gasteiger partial charge in [-0.05, 0) is 35.6 Å². The number of phenols is 1. The van der Waals surface area contributed by atoms with Crippen LogP contribution >= 0.6 is 0 Å². The summed E-state index contributed by atoms with van der Waals surface area (Å²) in [6.45, 7) is 0.0361. The Bertz CT molecular complexity index is 1200. The lowest BCUT2D eigenvalue weighted by Crippen LogP contribution is -2.30. The van der Waals surface area contributed by atoms with Gasteiger partial charge in [-0.2, -0.15) is 8.42 Å². The van der Waals surface area contributed by atoms with Crippen LogP contribution in [-0.2, 0) is 21.4 Å². The van der Waals surface area contributed by atoms with E-state index in [9.17, 15) is 18.3 Å². The fraction of sp³-hybridized carbons (Fsp3) is 0.150. The maximum Gasteiger partial charge on any atom is 0.326 e. The second kappa shape index (κ2) is 7.25. The number of carbonyl (C=O) groups excluding carboxylic acids is 1. The molecular formula is C20H18FN3O4S. The first-order chi connectivity index (χ1) is 13.8. The molecule has 3 aromatic rings. The van der Waals surface area contributed by atoms with Crippen molar-refractivity contribution in [3.8, 4) is 5.75 Å². The van der Waals surface area contributed by atoms with Crippen molar-refractivity contribution in [3.63, 3.8) is 0 Å². The number of halogens is 1. The van der Waals surface area contributed by atoms with Gasteiger partial charge >= 0.3 is 10.2 Å². The molecule has 9 heteroatoms. The summed E-state index contributed by atoms with van der Waals surface area (Å²) in [5.41, 5.74) is 1.27. The van der Waals surface area contributed by atoms with Crippen LogP contribution in [0.15, 0.2) is 54.6 Å². The third-order valence-electron chi connectivity index (χ3n) is 4.69. The van der Waals surface area contributed by atoms with Crippen LogP contribution in [0.5, 0.6) is 5.75 Å². The molecule has 0 saturated carbocycles. The van der Waals surface area contributed by atoms with Gasteiger partial charge in [0.1, 0.15) is 18.0 Å². The number of nitrogens with one attached hydrogen (secondary N) is 2. The van der Waals surface area contributed by atoms with Gasteiger partial charge in [0, 0.05) is 17.6 Å². The highest BCUT2D eigenvalue weighted by Gasteiger charge is 2.37. The number of benzene rings is 3. The van der Waals surface area contributed by atoms with Crippen LogP contribution in [0.4, 0.5) is 15.8 Å². The van der Waals surface area contributed by atoms with E-state index in [4.69, 9.17) is 0 Å². The minimum absolute atomic E-state index is 0.136. The van der Waals surface area contributed by atoms with Crippen molar-refractivity contribution in [1.82, 2.24) is 4.72 Å². The fourth-order valence-electron chi connectivity index (χ4n) is 3.32. The highest BCUT2D eigenvalue weighted by Crippen LogP contribution is 2.39. The molecule has 0 radical (unpaired) electrons. The largest absolute Gasteiger partial charge is 0.506 e. The smallest absolute Gasteiger partial charge is 0.326 e. The van der Waals surface area contributed by atoms with Crippen molar-refractivity contribution in [1.29, 1.82) is 0 Å². The first kappa shape index (κ1) is 19.0. The van der Waals surface area contributed by atoms with E-state index in [0.29, 0.717) is 21.9 Å². The lowest BCUT2D eigenvalue weighted by Gasteiger charge is -2.18. The molecule has 1 fully saturated rings. The van der Waals surface area contributed by atoms with Crippen molar-refractivity contribution >= 4 is 38.3 Å². The summed E-state index contributed by atoms with van der Waals surface area (Å²) in [6.07, 6.45) is 0.780. The number of rotatable bonds is 5. The molecule has 0 bridgehead atoms.